The monoisotopic (exact) mass is 333 g/mol. The van der Waals surface area contributed by atoms with E-state index >= 15 is 0 Å². The second-order valence-corrected chi connectivity index (χ2v) is 5.53. The average molecular weight is 333 g/mol. The van der Waals surface area contributed by atoms with Gasteiger partial charge in [0.25, 0.3) is 0 Å². The highest BCUT2D eigenvalue weighted by Gasteiger charge is 2.15. The van der Waals surface area contributed by atoms with Crippen molar-refractivity contribution in [3.63, 3.8) is 0 Å². The van der Waals surface area contributed by atoms with Crippen molar-refractivity contribution < 1.29 is 9.90 Å². The van der Waals surface area contributed by atoms with Crippen molar-refractivity contribution in [2.75, 3.05) is 17.2 Å². The van der Waals surface area contributed by atoms with E-state index in [1.807, 2.05) is 66.7 Å². The molecule has 0 radical (unpaired) electrons. The van der Waals surface area contributed by atoms with E-state index in [4.69, 9.17) is 5.11 Å². The van der Waals surface area contributed by atoms with Crippen molar-refractivity contribution in [1.29, 1.82) is 0 Å². The minimum absolute atomic E-state index is 0.119. The van der Waals surface area contributed by atoms with Gasteiger partial charge in [0.2, 0.25) is 5.91 Å². The molecule has 0 saturated carbocycles. The van der Waals surface area contributed by atoms with Crippen molar-refractivity contribution in [1.82, 2.24) is 4.98 Å². The van der Waals surface area contributed by atoms with Crippen LogP contribution in [0.2, 0.25) is 0 Å². The van der Waals surface area contributed by atoms with E-state index in [0.29, 0.717) is 5.69 Å². The number of carbonyl (C=O) groups is 1. The quantitative estimate of drug-likeness (QED) is 0.647. The smallest absolute Gasteiger partial charge is 0.250 e. The van der Waals surface area contributed by atoms with Crippen LogP contribution in [0.4, 0.5) is 11.4 Å². The van der Waals surface area contributed by atoms with Crippen molar-refractivity contribution in [3.05, 3.63) is 90.3 Å². The second kappa shape index (κ2) is 8.08. The van der Waals surface area contributed by atoms with Crippen LogP contribution in [0.15, 0.2) is 79.0 Å². The summed E-state index contributed by atoms with van der Waals surface area (Å²) in [6.07, 6.45) is 1.77. The number of aliphatic hydroxyl groups excluding tert-OH is 1. The summed E-state index contributed by atoms with van der Waals surface area (Å²) in [5.41, 5.74) is 3.46. The third kappa shape index (κ3) is 4.43. The van der Waals surface area contributed by atoms with Crippen LogP contribution >= 0.6 is 0 Å². The minimum Gasteiger partial charge on any atom is -0.387 e. The molecule has 3 aromatic rings. The molecule has 0 saturated heterocycles. The predicted molar refractivity (Wildman–Crippen MR) is 98.3 cm³/mol. The summed E-state index contributed by atoms with van der Waals surface area (Å²) in [6, 6.07) is 23.1. The molecule has 0 spiro atoms. The molecule has 2 aromatic carbocycles. The molecule has 0 aliphatic carbocycles. The molecule has 25 heavy (non-hydrogen) atoms. The van der Waals surface area contributed by atoms with Gasteiger partial charge in [0, 0.05) is 17.6 Å². The number of anilines is 2. The Bertz CT molecular complexity index is 783. The summed E-state index contributed by atoms with van der Waals surface area (Å²) in [4.78, 5) is 15.8. The van der Waals surface area contributed by atoms with Gasteiger partial charge < -0.3 is 15.7 Å². The van der Waals surface area contributed by atoms with Gasteiger partial charge in [0.15, 0.2) is 0 Å². The Morgan fingerprint density at radius 2 is 1.72 bits per heavy atom. The lowest BCUT2D eigenvalue weighted by Crippen LogP contribution is -2.16. The first-order chi connectivity index (χ1) is 12.3. The number of aromatic nitrogens is 1. The summed E-state index contributed by atoms with van der Waals surface area (Å²) >= 11 is 0. The number of carbonyl (C=O) groups excluding carboxylic acids is 1. The summed E-state index contributed by atoms with van der Waals surface area (Å²) in [5, 5.41) is 15.0. The van der Waals surface area contributed by atoms with Gasteiger partial charge in [0.05, 0.1) is 11.7 Å². The Morgan fingerprint density at radius 1 is 0.960 bits per heavy atom. The molecule has 0 aliphatic heterocycles. The van der Waals surface area contributed by atoms with E-state index in [1.54, 1.807) is 12.3 Å². The maximum Gasteiger partial charge on any atom is 0.250 e. The molecular weight excluding hydrogens is 314 g/mol. The van der Waals surface area contributed by atoms with E-state index in [0.717, 1.165) is 16.9 Å². The number of hydrogen-bond donors (Lipinski definition) is 3. The van der Waals surface area contributed by atoms with Crippen molar-refractivity contribution in [2.45, 2.75) is 6.04 Å². The summed E-state index contributed by atoms with van der Waals surface area (Å²) < 4.78 is 0. The highest BCUT2D eigenvalue weighted by molar-refractivity contribution is 5.92. The molecule has 1 unspecified atom stereocenters. The van der Waals surface area contributed by atoms with Crippen LogP contribution in [-0.2, 0) is 4.79 Å². The van der Waals surface area contributed by atoms with Crippen molar-refractivity contribution in [3.8, 4) is 0 Å². The highest BCUT2D eigenvalue weighted by Crippen LogP contribution is 2.26. The molecule has 3 N–H and O–H groups in total. The molecule has 1 aromatic heterocycles. The topological polar surface area (TPSA) is 74.2 Å². The van der Waals surface area contributed by atoms with Gasteiger partial charge in [0.1, 0.15) is 6.61 Å². The van der Waals surface area contributed by atoms with E-state index in [2.05, 4.69) is 15.6 Å². The van der Waals surface area contributed by atoms with Gasteiger partial charge >= 0.3 is 0 Å². The fourth-order valence-corrected chi connectivity index (χ4v) is 2.57. The van der Waals surface area contributed by atoms with Crippen molar-refractivity contribution in [2.24, 2.45) is 0 Å². The number of pyridine rings is 1. The Labute approximate surface area is 146 Å². The van der Waals surface area contributed by atoms with Crippen LogP contribution in [0.3, 0.4) is 0 Å². The van der Waals surface area contributed by atoms with Crippen LogP contribution in [0.25, 0.3) is 0 Å². The largest absolute Gasteiger partial charge is 0.387 e. The average Bonchev–Trinajstić information content (AvgIpc) is 2.67. The molecule has 5 nitrogen and oxygen atoms in total. The van der Waals surface area contributed by atoms with Gasteiger partial charge in [-0.1, -0.05) is 42.5 Å². The predicted octanol–water partition coefficient (Wildman–Crippen LogP) is 3.21. The lowest BCUT2D eigenvalue weighted by molar-refractivity contribution is -0.118. The number of nitrogens with one attached hydrogen (secondary N) is 2. The number of benzene rings is 2. The van der Waals surface area contributed by atoms with Crippen LogP contribution in [-0.4, -0.2) is 22.6 Å². The fourth-order valence-electron chi connectivity index (χ4n) is 2.57. The van der Waals surface area contributed by atoms with Crippen molar-refractivity contribution >= 4 is 17.3 Å². The Kier molecular flexibility index (Phi) is 5.39. The van der Waals surface area contributed by atoms with Gasteiger partial charge in [-0.05, 0) is 35.9 Å². The maximum absolute atomic E-state index is 11.4. The number of aliphatic hydroxyl groups is 1. The van der Waals surface area contributed by atoms with Crippen LogP contribution < -0.4 is 10.6 Å². The van der Waals surface area contributed by atoms with E-state index < -0.39 is 12.5 Å². The Hall–Kier alpha value is -3.18. The first-order valence-corrected chi connectivity index (χ1v) is 7.99. The standard InChI is InChI=1S/C20H19N3O2/c24-14-19(25)22-16-9-6-10-17(13-16)23-20(15-7-2-1-3-8-15)18-11-4-5-12-21-18/h1-13,20,23-24H,14H2,(H,22,25). The number of amides is 1. The first-order valence-electron chi connectivity index (χ1n) is 7.99. The number of rotatable bonds is 6. The Morgan fingerprint density at radius 3 is 2.44 bits per heavy atom. The normalized spacial score (nSPS) is 11.6. The molecular formula is C20H19N3O2. The molecule has 5 heteroatoms. The fraction of sp³-hybridized carbons (Fsp3) is 0.100. The zero-order valence-corrected chi connectivity index (χ0v) is 13.6. The van der Waals surface area contributed by atoms with Crippen LogP contribution in [0.5, 0.6) is 0 Å². The number of nitrogens with zero attached hydrogens (tertiary/aromatic N) is 1. The summed E-state index contributed by atoms with van der Waals surface area (Å²) in [5.74, 6) is -0.443. The summed E-state index contributed by atoms with van der Waals surface area (Å²) in [6.45, 7) is -0.543. The molecule has 3 rings (SSSR count). The Balaban J connectivity index is 1.88. The molecule has 126 valence electrons. The van der Waals surface area contributed by atoms with E-state index in [-0.39, 0.29) is 6.04 Å². The third-order valence-electron chi connectivity index (χ3n) is 3.72. The first kappa shape index (κ1) is 16.7. The molecule has 1 amide bonds. The highest BCUT2D eigenvalue weighted by atomic mass is 16.3. The van der Waals surface area contributed by atoms with Gasteiger partial charge in [-0.3, -0.25) is 9.78 Å². The molecule has 0 aliphatic rings. The molecule has 0 bridgehead atoms. The zero-order valence-electron chi connectivity index (χ0n) is 13.6. The van der Waals surface area contributed by atoms with Gasteiger partial charge in [-0.15, -0.1) is 0 Å². The van der Waals surface area contributed by atoms with Crippen LogP contribution in [0, 0.1) is 0 Å². The lowest BCUT2D eigenvalue weighted by atomic mass is 10.0. The lowest BCUT2D eigenvalue weighted by Gasteiger charge is -2.20. The number of hydrogen-bond acceptors (Lipinski definition) is 4. The maximum atomic E-state index is 11.4. The summed E-state index contributed by atoms with van der Waals surface area (Å²) in [7, 11) is 0. The van der Waals surface area contributed by atoms with Gasteiger partial charge in [-0.25, -0.2) is 0 Å². The molecule has 1 heterocycles. The van der Waals surface area contributed by atoms with E-state index in [9.17, 15) is 4.79 Å². The second-order valence-electron chi connectivity index (χ2n) is 5.53. The third-order valence-corrected chi connectivity index (χ3v) is 3.72. The molecule has 1 atom stereocenters. The zero-order chi connectivity index (χ0) is 17.5. The minimum atomic E-state index is -0.543. The SMILES string of the molecule is O=C(CO)Nc1cccc(NC(c2ccccc2)c2ccccn2)c1. The van der Waals surface area contributed by atoms with Crippen LogP contribution in [0.1, 0.15) is 17.3 Å². The molecule has 0 fully saturated rings. The van der Waals surface area contributed by atoms with E-state index in [1.165, 1.54) is 0 Å². The van der Waals surface area contributed by atoms with Gasteiger partial charge in [-0.2, -0.15) is 0 Å².